The fourth-order valence-corrected chi connectivity index (χ4v) is 1.33. The van der Waals surface area contributed by atoms with Crippen LogP contribution in [0.1, 0.15) is 0 Å². The first-order chi connectivity index (χ1) is 6.16. The van der Waals surface area contributed by atoms with E-state index >= 15 is 0 Å². The topological polar surface area (TPSA) is 51.8 Å². The number of halogens is 2. The third kappa shape index (κ3) is 1.53. The van der Waals surface area contributed by atoms with Crippen LogP contribution in [0, 0.1) is 0 Å². The second kappa shape index (κ2) is 3.01. The van der Waals surface area contributed by atoms with E-state index in [0.717, 1.165) is 5.39 Å². The first-order valence-corrected chi connectivity index (χ1v) is 4.29. The van der Waals surface area contributed by atoms with Crippen molar-refractivity contribution >= 4 is 39.9 Å². The Hall–Kier alpha value is -1.06. The number of anilines is 1. The molecule has 0 saturated heterocycles. The van der Waals surface area contributed by atoms with Crippen molar-refractivity contribution < 1.29 is 0 Å². The van der Waals surface area contributed by atoms with Crippen LogP contribution in [0.3, 0.4) is 0 Å². The molecular weight excluding hydrogens is 209 g/mol. The van der Waals surface area contributed by atoms with Gasteiger partial charge in [-0.25, -0.2) is 9.97 Å². The summed E-state index contributed by atoms with van der Waals surface area (Å²) in [6.07, 6.45) is 1.52. The van der Waals surface area contributed by atoms with Crippen molar-refractivity contribution in [3.63, 3.8) is 0 Å². The maximum atomic E-state index is 5.75. The summed E-state index contributed by atoms with van der Waals surface area (Å²) in [5.74, 6) is 0. The van der Waals surface area contributed by atoms with Crippen LogP contribution in [0.5, 0.6) is 0 Å². The highest BCUT2D eigenvalue weighted by atomic mass is 35.5. The van der Waals surface area contributed by atoms with Crippen LogP contribution in [-0.4, -0.2) is 9.97 Å². The molecule has 66 valence electrons. The summed E-state index contributed by atoms with van der Waals surface area (Å²) in [6, 6.07) is 3.44. The number of hydrogen-bond donors (Lipinski definition) is 1. The molecule has 0 fully saturated rings. The Kier molecular flexibility index (Phi) is 1.98. The summed E-state index contributed by atoms with van der Waals surface area (Å²) in [5, 5.41) is 1.60. The summed E-state index contributed by atoms with van der Waals surface area (Å²) in [7, 11) is 0. The average Bonchev–Trinajstić information content (AvgIpc) is 2.08. The number of nitrogens with two attached hydrogens (primary N) is 1. The Morgan fingerprint density at radius 3 is 2.77 bits per heavy atom. The van der Waals surface area contributed by atoms with Crippen molar-refractivity contribution in [1.82, 2.24) is 9.97 Å². The zero-order valence-electron chi connectivity index (χ0n) is 6.46. The van der Waals surface area contributed by atoms with Crippen LogP contribution < -0.4 is 5.73 Å². The molecule has 0 aromatic carbocycles. The fourth-order valence-electron chi connectivity index (χ4n) is 1.03. The molecule has 2 aromatic rings. The zero-order valence-corrected chi connectivity index (χ0v) is 7.97. The van der Waals surface area contributed by atoms with Gasteiger partial charge in [0.05, 0.1) is 10.7 Å². The lowest BCUT2D eigenvalue weighted by Gasteiger charge is -2.00. The van der Waals surface area contributed by atoms with Gasteiger partial charge in [-0.2, -0.15) is 0 Å². The first kappa shape index (κ1) is 8.53. The molecule has 3 nitrogen and oxygen atoms in total. The summed E-state index contributed by atoms with van der Waals surface area (Å²) >= 11 is 11.5. The fraction of sp³-hybridized carbons (Fsp3) is 0. The number of aromatic nitrogens is 2. The predicted molar refractivity (Wildman–Crippen MR) is 54.0 cm³/mol. The van der Waals surface area contributed by atoms with Crippen molar-refractivity contribution in [3.8, 4) is 0 Å². The number of fused-ring (bicyclic) bond motifs is 1. The highest BCUT2D eigenvalue weighted by Gasteiger charge is 2.02. The van der Waals surface area contributed by atoms with Crippen LogP contribution in [0.25, 0.3) is 11.0 Å². The van der Waals surface area contributed by atoms with Gasteiger partial charge in [-0.05, 0) is 12.1 Å². The van der Waals surface area contributed by atoms with Gasteiger partial charge in [0.15, 0.2) is 10.8 Å². The van der Waals surface area contributed by atoms with E-state index < -0.39 is 0 Å². The molecule has 2 N–H and O–H groups in total. The van der Waals surface area contributed by atoms with Gasteiger partial charge >= 0.3 is 0 Å². The van der Waals surface area contributed by atoms with Gasteiger partial charge in [0.1, 0.15) is 0 Å². The molecule has 2 aromatic heterocycles. The Labute approximate surface area is 84.5 Å². The summed E-state index contributed by atoms with van der Waals surface area (Å²) in [5.41, 5.74) is 6.54. The van der Waals surface area contributed by atoms with E-state index in [9.17, 15) is 0 Å². The number of nitrogen functional groups attached to an aromatic ring is 1. The van der Waals surface area contributed by atoms with Crippen molar-refractivity contribution in [2.45, 2.75) is 0 Å². The quantitative estimate of drug-likeness (QED) is 0.685. The molecular formula is C8H5Cl2N3. The summed E-state index contributed by atoms with van der Waals surface area (Å²) in [6.45, 7) is 0. The average molecular weight is 214 g/mol. The molecule has 0 bridgehead atoms. The van der Waals surface area contributed by atoms with E-state index in [0.29, 0.717) is 16.4 Å². The van der Waals surface area contributed by atoms with Crippen molar-refractivity contribution in [2.24, 2.45) is 0 Å². The summed E-state index contributed by atoms with van der Waals surface area (Å²) in [4.78, 5) is 7.99. The highest BCUT2D eigenvalue weighted by Crippen LogP contribution is 2.22. The molecule has 0 saturated carbocycles. The third-order valence-corrected chi connectivity index (χ3v) is 2.12. The second-order valence-electron chi connectivity index (χ2n) is 2.57. The van der Waals surface area contributed by atoms with E-state index in [-0.39, 0.29) is 5.15 Å². The first-order valence-electron chi connectivity index (χ1n) is 3.54. The maximum Gasteiger partial charge on any atom is 0.161 e. The van der Waals surface area contributed by atoms with E-state index in [1.807, 2.05) is 0 Å². The number of nitrogens with zero attached hydrogens (tertiary/aromatic N) is 2. The van der Waals surface area contributed by atoms with Gasteiger partial charge in [0, 0.05) is 11.6 Å². The highest BCUT2D eigenvalue weighted by molar-refractivity contribution is 6.32. The number of rotatable bonds is 0. The van der Waals surface area contributed by atoms with Gasteiger partial charge in [-0.1, -0.05) is 23.2 Å². The van der Waals surface area contributed by atoms with Gasteiger partial charge in [0.25, 0.3) is 0 Å². The normalized spacial score (nSPS) is 10.6. The minimum Gasteiger partial charge on any atom is -0.396 e. The zero-order chi connectivity index (χ0) is 9.42. The van der Waals surface area contributed by atoms with E-state index in [2.05, 4.69) is 9.97 Å². The molecule has 13 heavy (non-hydrogen) atoms. The van der Waals surface area contributed by atoms with Gasteiger partial charge in [0.2, 0.25) is 0 Å². The molecule has 0 aliphatic rings. The molecule has 0 atom stereocenters. The monoisotopic (exact) mass is 213 g/mol. The summed E-state index contributed by atoms with van der Waals surface area (Å²) < 4.78 is 0. The van der Waals surface area contributed by atoms with Crippen LogP contribution in [0.2, 0.25) is 10.2 Å². The Morgan fingerprint density at radius 1 is 1.23 bits per heavy atom. The lowest BCUT2D eigenvalue weighted by atomic mass is 10.3. The minimum absolute atomic E-state index is 0.266. The van der Waals surface area contributed by atoms with E-state index in [1.54, 1.807) is 12.1 Å². The maximum absolute atomic E-state index is 5.75. The standard InChI is InChI=1S/C8H5Cl2N3/c9-5-1-4-2-6(11)7(10)13-8(4)12-3-5/h1-3H,11H2. The van der Waals surface area contributed by atoms with Crippen molar-refractivity contribution in [2.75, 3.05) is 5.73 Å². The number of hydrogen-bond acceptors (Lipinski definition) is 3. The van der Waals surface area contributed by atoms with E-state index in [4.69, 9.17) is 28.9 Å². The van der Waals surface area contributed by atoms with E-state index in [1.165, 1.54) is 6.20 Å². The lowest BCUT2D eigenvalue weighted by molar-refractivity contribution is 1.29. The molecule has 0 amide bonds. The predicted octanol–water partition coefficient (Wildman–Crippen LogP) is 2.52. The second-order valence-corrected chi connectivity index (χ2v) is 3.36. The molecule has 0 unspecified atom stereocenters. The smallest absolute Gasteiger partial charge is 0.161 e. The van der Waals surface area contributed by atoms with Crippen LogP contribution >= 0.6 is 23.2 Å². The molecule has 0 aliphatic heterocycles. The SMILES string of the molecule is Nc1cc2cc(Cl)cnc2nc1Cl. The van der Waals surface area contributed by atoms with Crippen molar-refractivity contribution in [3.05, 3.63) is 28.5 Å². The minimum atomic E-state index is 0.266. The van der Waals surface area contributed by atoms with Crippen molar-refractivity contribution in [1.29, 1.82) is 0 Å². The largest absolute Gasteiger partial charge is 0.396 e. The van der Waals surface area contributed by atoms with Gasteiger partial charge in [-0.15, -0.1) is 0 Å². The Bertz CT molecular complexity index is 470. The van der Waals surface area contributed by atoms with Gasteiger partial charge < -0.3 is 5.73 Å². The van der Waals surface area contributed by atoms with Gasteiger partial charge in [-0.3, -0.25) is 0 Å². The van der Waals surface area contributed by atoms with Crippen LogP contribution in [0.4, 0.5) is 5.69 Å². The Morgan fingerprint density at radius 2 is 2.00 bits per heavy atom. The molecule has 0 aliphatic carbocycles. The van der Waals surface area contributed by atoms with Crippen LogP contribution in [-0.2, 0) is 0 Å². The number of pyridine rings is 2. The lowest BCUT2D eigenvalue weighted by Crippen LogP contribution is -1.91. The third-order valence-electron chi connectivity index (χ3n) is 1.62. The molecule has 2 rings (SSSR count). The molecule has 0 spiro atoms. The molecule has 5 heteroatoms. The molecule has 2 heterocycles. The molecule has 0 radical (unpaired) electrons. The van der Waals surface area contributed by atoms with Crippen LogP contribution in [0.15, 0.2) is 18.3 Å². The Balaban J connectivity index is 2.81.